The summed E-state index contributed by atoms with van der Waals surface area (Å²) in [5, 5.41) is 0.0380. The van der Waals surface area contributed by atoms with Gasteiger partial charge in [0, 0.05) is 17.1 Å². The van der Waals surface area contributed by atoms with E-state index in [1.54, 1.807) is 0 Å². The summed E-state index contributed by atoms with van der Waals surface area (Å²) in [5.74, 6) is 0. The lowest BCUT2D eigenvalue weighted by Gasteiger charge is -2.09. The third-order valence-corrected chi connectivity index (χ3v) is 2.12. The molecule has 1 aromatic heterocycles. The normalized spacial score (nSPS) is 11.6. The van der Waals surface area contributed by atoms with Crippen LogP contribution in [0.1, 0.15) is 5.56 Å². The molecule has 0 bridgehead atoms. The quantitative estimate of drug-likeness (QED) is 0.639. The first-order valence-corrected chi connectivity index (χ1v) is 4.09. The van der Waals surface area contributed by atoms with Crippen molar-refractivity contribution in [2.24, 2.45) is 0 Å². The molecule has 0 aliphatic carbocycles. The van der Waals surface area contributed by atoms with Crippen LogP contribution in [0.25, 0.3) is 15.7 Å². The Morgan fingerprint density at radius 3 is 2.53 bits per heavy atom. The van der Waals surface area contributed by atoms with Gasteiger partial charge in [-0.3, -0.25) is 0 Å². The van der Waals surface area contributed by atoms with Crippen LogP contribution in [-0.4, -0.2) is 4.98 Å². The number of aromatic amines is 1. The van der Waals surface area contributed by atoms with Gasteiger partial charge in [-0.05, 0) is 12.1 Å². The van der Waals surface area contributed by atoms with Crippen LogP contribution in [0, 0.1) is 6.57 Å². The Morgan fingerprint density at radius 2 is 1.93 bits per heavy atom. The van der Waals surface area contributed by atoms with Crippen LogP contribution in [0.2, 0.25) is 0 Å². The minimum absolute atomic E-state index is 0.0380. The van der Waals surface area contributed by atoms with Crippen molar-refractivity contribution in [3.05, 3.63) is 41.4 Å². The number of nitrogens with one attached hydrogen (secondary N) is 1. The van der Waals surface area contributed by atoms with Crippen LogP contribution in [0.5, 0.6) is 0 Å². The van der Waals surface area contributed by atoms with E-state index in [9.17, 15) is 13.2 Å². The van der Waals surface area contributed by atoms with Crippen molar-refractivity contribution in [3.63, 3.8) is 0 Å². The first kappa shape index (κ1) is 9.59. The molecule has 15 heavy (non-hydrogen) atoms. The van der Waals surface area contributed by atoms with E-state index in [-0.39, 0.29) is 11.1 Å². The summed E-state index contributed by atoms with van der Waals surface area (Å²) >= 11 is 0. The van der Waals surface area contributed by atoms with Gasteiger partial charge in [0.05, 0.1) is 12.1 Å². The number of nitrogens with zero attached hydrogens (tertiary/aromatic N) is 1. The third kappa shape index (κ3) is 1.44. The smallest absolute Gasteiger partial charge is 0.361 e. The molecule has 0 saturated carbocycles. The molecule has 2 nitrogen and oxygen atoms in total. The predicted molar refractivity (Wildman–Crippen MR) is 49.6 cm³/mol. The molecule has 2 aromatic rings. The first-order chi connectivity index (χ1) is 7.04. The van der Waals surface area contributed by atoms with E-state index in [1.807, 2.05) is 0 Å². The van der Waals surface area contributed by atoms with E-state index in [0.29, 0.717) is 5.52 Å². The summed E-state index contributed by atoms with van der Waals surface area (Å²) in [5.41, 5.74) is -0.847. The van der Waals surface area contributed by atoms with Gasteiger partial charge in [0.1, 0.15) is 0 Å². The molecule has 0 fully saturated rings. The van der Waals surface area contributed by atoms with Crippen LogP contribution in [0.3, 0.4) is 0 Å². The number of rotatable bonds is 0. The fourth-order valence-corrected chi connectivity index (χ4v) is 1.51. The van der Waals surface area contributed by atoms with Crippen molar-refractivity contribution in [1.29, 1.82) is 0 Å². The molecule has 1 aromatic carbocycles. The van der Waals surface area contributed by atoms with Crippen molar-refractivity contribution in [1.82, 2.24) is 4.98 Å². The summed E-state index contributed by atoms with van der Waals surface area (Å²) in [6.07, 6.45) is -3.07. The maximum atomic E-state index is 12.7. The van der Waals surface area contributed by atoms with Crippen LogP contribution < -0.4 is 0 Å². The number of hydrogen-bond donors (Lipinski definition) is 1. The highest BCUT2D eigenvalue weighted by Crippen LogP contribution is 2.40. The second kappa shape index (κ2) is 3.02. The van der Waals surface area contributed by atoms with Crippen LogP contribution in [0.4, 0.5) is 18.9 Å². The van der Waals surface area contributed by atoms with E-state index in [4.69, 9.17) is 6.57 Å². The minimum atomic E-state index is -4.50. The molecule has 5 heteroatoms. The Balaban J connectivity index is 2.88. The van der Waals surface area contributed by atoms with Crippen molar-refractivity contribution in [2.45, 2.75) is 6.18 Å². The Kier molecular flexibility index (Phi) is 1.93. The molecule has 1 heterocycles. The first-order valence-electron chi connectivity index (χ1n) is 4.09. The van der Waals surface area contributed by atoms with Crippen molar-refractivity contribution < 1.29 is 13.2 Å². The zero-order valence-electron chi connectivity index (χ0n) is 7.39. The van der Waals surface area contributed by atoms with Gasteiger partial charge in [0.25, 0.3) is 0 Å². The van der Waals surface area contributed by atoms with Crippen molar-refractivity contribution in [2.75, 3.05) is 0 Å². The predicted octanol–water partition coefficient (Wildman–Crippen LogP) is 3.74. The highest BCUT2D eigenvalue weighted by atomic mass is 19.4. The molecule has 0 atom stereocenters. The molecule has 1 N–H and O–H groups in total. The molecule has 76 valence electrons. The molecular formula is C10H5F3N2. The molecule has 0 radical (unpaired) electrons. The number of H-pyrrole nitrogens is 1. The van der Waals surface area contributed by atoms with Crippen LogP contribution in [0.15, 0.2) is 24.4 Å². The summed E-state index contributed by atoms with van der Waals surface area (Å²) in [7, 11) is 0. The van der Waals surface area contributed by atoms with Gasteiger partial charge >= 0.3 is 6.18 Å². The van der Waals surface area contributed by atoms with Gasteiger partial charge in [-0.1, -0.05) is 6.07 Å². The van der Waals surface area contributed by atoms with E-state index in [0.717, 1.165) is 0 Å². The van der Waals surface area contributed by atoms with Gasteiger partial charge in [-0.15, -0.1) is 0 Å². The number of fused-ring (bicyclic) bond motifs is 1. The lowest BCUT2D eigenvalue weighted by Crippen LogP contribution is -2.05. The topological polar surface area (TPSA) is 20.1 Å². The number of halogens is 3. The second-order valence-electron chi connectivity index (χ2n) is 3.01. The average molecular weight is 210 g/mol. The van der Waals surface area contributed by atoms with Gasteiger partial charge in [0.15, 0.2) is 5.69 Å². The monoisotopic (exact) mass is 210 g/mol. The third-order valence-electron chi connectivity index (χ3n) is 2.12. The molecule has 0 aliphatic rings. The van der Waals surface area contributed by atoms with Crippen LogP contribution in [-0.2, 0) is 6.18 Å². The SMILES string of the molecule is [C-]#[N+]c1ccc2[nH]ccc2c1C(F)(F)F. The Morgan fingerprint density at radius 1 is 1.20 bits per heavy atom. The zero-order valence-corrected chi connectivity index (χ0v) is 7.39. The average Bonchev–Trinajstić information content (AvgIpc) is 2.61. The molecule has 0 saturated heterocycles. The van der Waals surface area contributed by atoms with E-state index in [2.05, 4.69) is 9.83 Å². The lowest BCUT2D eigenvalue weighted by molar-refractivity contribution is -0.135. The highest BCUT2D eigenvalue weighted by Gasteiger charge is 2.35. The van der Waals surface area contributed by atoms with Crippen molar-refractivity contribution >= 4 is 16.6 Å². The van der Waals surface area contributed by atoms with Gasteiger partial charge in [0.2, 0.25) is 0 Å². The summed E-state index contributed by atoms with van der Waals surface area (Å²) in [4.78, 5) is 5.56. The molecule has 0 aliphatic heterocycles. The molecule has 2 rings (SSSR count). The van der Waals surface area contributed by atoms with Crippen molar-refractivity contribution in [3.8, 4) is 0 Å². The molecule has 0 spiro atoms. The highest BCUT2D eigenvalue weighted by molar-refractivity contribution is 5.88. The van der Waals surface area contributed by atoms with E-state index < -0.39 is 11.7 Å². The number of aromatic nitrogens is 1. The fraction of sp³-hybridized carbons (Fsp3) is 0.100. The van der Waals surface area contributed by atoms with E-state index in [1.165, 1.54) is 24.4 Å². The summed E-state index contributed by atoms with van der Waals surface area (Å²) < 4.78 is 38.1. The Labute approximate surface area is 83.2 Å². The molecule has 0 unspecified atom stereocenters. The number of benzene rings is 1. The molecular weight excluding hydrogens is 205 g/mol. The standard InChI is InChI=1S/C10H5F3N2/c1-14-8-3-2-7-6(4-5-15-7)9(8)10(11,12)13/h2-5,15H. The van der Waals surface area contributed by atoms with Gasteiger partial charge < -0.3 is 4.98 Å². The zero-order chi connectivity index (χ0) is 11.1. The van der Waals surface area contributed by atoms with Gasteiger partial charge in [-0.2, -0.15) is 13.2 Å². The summed E-state index contributed by atoms with van der Waals surface area (Å²) in [6.45, 7) is 6.71. The number of hydrogen-bond acceptors (Lipinski definition) is 0. The second-order valence-corrected chi connectivity index (χ2v) is 3.01. The van der Waals surface area contributed by atoms with Gasteiger partial charge in [-0.25, -0.2) is 4.85 Å². The van der Waals surface area contributed by atoms with E-state index >= 15 is 0 Å². The Hall–Kier alpha value is -1.96. The summed E-state index contributed by atoms with van der Waals surface area (Å²) in [6, 6.07) is 3.97. The lowest BCUT2D eigenvalue weighted by atomic mass is 10.1. The fourth-order valence-electron chi connectivity index (χ4n) is 1.51. The number of alkyl halides is 3. The Bertz CT molecular complexity index is 546. The van der Waals surface area contributed by atoms with Crippen LogP contribution >= 0.6 is 0 Å². The maximum absolute atomic E-state index is 12.7. The maximum Gasteiger partial charge on any atom is 0.408 e. The molecule has 0 amide bonds. The largest absolute Gasteiger partial charge is 0.408 e. The minimum Gasteiger partial charge on any atom is -0.361 e.